The molecule has 0 radical (unpaired) electrons. The summed E-state index contributed by atoms with van der Waals surface area (Å²) in [7, 11) is 0. The summed E-state index contributed by atoms with van der Waals surface area (Å²) in [6.45, 7) is 4.24. The van der Waals surface area contributed by atoms with Crippen molar-refractivity contribution in [3.63, 3.8) is 0 Å². The van der Waals surface area contributed by atoms with E-state index in [1.807, 2.05) is 13.0 Å². The average Bonchev–Trinajstić information content (AvgIpc) is 2.64. The van der Waals surface area contributed by atoms with Gasteiger partial charge < -0.3 is 15.1 Å². The largest absolute Gasteiger partial charge is 0.421 e. The van der Waals surface area contributed by atoms with Crippen molar-refractivity contribution in [2.24, 2.45) is 0 Å². The maximum atomic E-state index is 13.7. The van der Waals surface area contributed by atoms with Gasteiger partial charge in [0.2, 0.25) is 0 Å². The van der Waals surface area contributed by atoms with Crippen LogP contribution < -0.4 is 21.6 Å². The first-order valence-electron chi connectivity index (χ1n) is 8.63. The number of halogens is 1. The minimum atomic E-state index is -0.669. The molecule has 0 fully saturated rings. The molecule has 6 nitrogen and oxygen atoms in total. The number of urea groups is 1. The van der Waals surface area contributed by atoms with Crippen LogP contribution in [-0.4, -0.2) is 12.6 Å². The lowest BCUT2D eigenvalue weighted by Crippen LogP contribution is -2.24. The van der Waals surface area contributed by atoms with E-state index in [-0.39, 0.29) is 11.4 Å². The number of benzene rings is 2. The highest BCUT2D eigenvalue weighted by atomic mass is 19.1. The molecule has 140 valence electrons. The highest BCUT2D eigenvalue weighted by Crippen LogP contribution is 2.28. The zero-order valence-electron chi connectivity index (χ0n) is 15.1. The van der Waals surface area contributed by atoms with Crippen molar-refractivity contribution in [1.29, 1.82) is 0 Å². The van der Waals surface area contributed by atoms with Gasteiger partial charge in [-0.1, -0.05) is 25.1 Å². The highest BCUT2D eigenvalue weighted by Gasteiger charge is 2.17. The Morgan fingerprint density at radius 2 is 1.89 bits per heavy atom. The van der Waals surface area contributed by atoms with Crippen LogP contribution in [0.4, 0.5) is 26.2 Å². The van der Waals surface area contributed by atoms with Crippen LogP contribution in [0.1, 0.15) is 18.9 Å². The summed E-state index contributed by atoms with van der Waals surface area (Å²) in [6.07, 6.45) is 0.836. The number of fused-ring (bicyclic) bond motifs is 1. The molecule has 0 unspecified atom stereocenters. The maximum absolute atomic E-state index is 13.7. The number of amides is 2. The number of rotatable bonds is 5. The molecule has 2 aromatic carbocycles. The molecule has 7 heteroatoms. The molecule has 0 spiro atoms. The Hall–Kier alpha value is -3.35. The predicted octanol–water partition coefficient (Wildman–Crippen LogP) is 4.71. The van der Waals surface area contributed by atoms with Gasteiger partial charge in [0.1, 0.15) is 11.4 Å². The van der Waals surface area contributed by atoms with Crippen LogP contribution in [0.15, 0.2) is 51.7 Å². The van der Waals surface area contributed by atoms with Crippen LogP contribution in [0.25, 0.3) is 11.0 Å². The van der Waals surface area contributed by atoms with Gasteiger partial charge in [-0.15, -0.1) is 0 Å². The zero-order chi connectivity index (χ0) is 19.4. The molecule has 0 saturated heterocycles. The number of hydrogen-bond acceptors (Lipinski definition) is 4. The maximum Gasteiger partial charge on any atom is 0.362 e. The molecule has 0 saturated carbocycles. The third kappa shape index (κ3) is 4.08. The first-order chi connectivity index (χ1) is 13.0. The van der Waals surface area contributed by atoms with Crippen molar-refractivity contribution in [2.45, 2.75) is 20.3 Å². The van der Waals surface area contributed by atoms with E-state index < -0.39 is 17.5 Å². The second-order valence-electron chi connectivity index (χ2n) is 6.11. The van der Waals surface area contributed by atoms with E-state index in [1.54, 1.807) is 37.3 Å². The van der Waals surface area contributed by atoms with Crippen LogP contribution in [0, 0.1) is 12.7 Å². The summed E-state index contributed by atoms with van der Waals surface area (Å²) >= 11 is 0. The average molecular weight is 369 g/mol. The Labute approximate surface area is 155 Å². The number of anilines is 3. The first-order valence-corrected chi connectivity index (χ1v) is 8.63. The Kier molecular flexibility index (Phi) is 5.40. The molecular formula is C20H20FN3O3. The number of carbonyl (C=O) groups excluding carboxylic acids is 1. The third-order valence-electron chi connectivity index (χ3n) is 4.03. The second-order valence-corrected chi connectivity index (χ2v) is 6.11. The molecule has 0 aliphatic heterocycles. The monoisotopic (exact) mass is 369 g/mol. The summed E-state index contributed by atoms with van der Waals surface area (Å²) < 4.78 is 19.0. The molecule has 1 aromatic heterocycles. The smallest absolute Gasteiger partial charge is 0.362 e. The number of para-hydroxylation sites is 1. The van der Waals surface area contributed by atoms with Gasteiger partial charge in [0.05, 0.1) is 5.69 Å². The van der Waals surface area contributed by atoms with Crippen LogP contribution >= 0.6 is 0 Å². The van der Waals surface area contributed by atoms with Crippen molar-refractivity contribution >= 4 is 34.1 Å². The standard InChI is InChI=1S/C20H20FN3O3/c1-3-10-22-17-14-6-4-5-7-16(14)27-19(25)18(17)24-20(26)23-13-9-8-12(2)15(21)11-13/h4-9,11,22H,3,10H2,1-2H3,(H2,23,24,26). The minimum Gasteiger partial charge on any atom is -0.421 e. The fourth-order valence-electron chi connectivity index (χ4n) is 2.64. The Bertz CT molecular complexity index is 1050. The van der Waals surface area contributed by atoms with Gasteiger partial charge in [-0.2, -0.15) is 0 Å². The molecule has 2 amide bonds. The van der Waals surface area contributed by atoms with E-state index in [1.165, 1.54) is 6.07 Å². The molecule has 3 N–H and O–H groups in total. The quantitative estimate of drug-likeness (QED) is 0.569. The van der Waals surface area contributed by atoms with E-state index >= 15 is 0 Å². The number of hydrogen-bond donors (Lipinski definition) is 3. The minimum absolute atomic E-state index is 0.00670. The topological polar surface area (TPSA) is 83.4 Å². The van der Waals surface area contributed by atoms with E-state index in [0.717, 1.165) is 6.42 Å². The predicted molar refractivity (Wildman–Crippen MR) is 105 cm³/mol. The van der Waals surface area contributed by atoms with Gasteiger partial charge in [0.15, 0.2) is 5.69 Å². The molecule has 1 heterocycles. The molecule has 0 aliphatic carbocycles. The lowest BCUT2D eigenvalue weighted by atomic mass is 10.2. The van der Waals surface area contributed by atoms with E-state index in [9.17, 15) is 14.0 Å². The van der Waals surface area contributed by atoms with Crippen molar-refractivity contribution in [1.82, 2.24) is 0 Å². The normalized spacial score (nSPS) is 10.6. The first kappa shape index (κ1) is 18.4. The molecular weight excluding hydrogens is 349 g/mol. The Morgan fingerprint density at radius 1 is 1.11 bits per heavy atom. The number of nitrogens with one attached hydrogen (secondary N) is 3. The van der Waals surface area contributed by atoms with Crippen molar-refractivity contribution in [2.75, 3.05) is 22.5 Å². The number of carbonyl (C=O) groups is 1. The fraction of sp³-hybridized carbons (Fsp3) is 0.200. The van der Waals surface area contributed by atoms with Crippen LogP contribution in [0.5, 0.6) is 0 Å². The molecule has 0 aliphatic rings. The van der Waals surface area contributed by atoms with Crippen molar-refractivity contribution in [3.8, 4) is 0 Å². The van der Waals surface area contributed by atoms with E-state index in [2.05, 4.69) is 16.0 Å². The van der Waals surface area contributed by atoms with Gasteiger partial charge in [0, 0.05) is 17.6 Å². The fourth-order valence-corrected chi connectivity index (χ4v) is 2.64. The lowest BCUT2D eigenvalue weighted by molar-refractivity contribution is 0.262. The SMILES string of the molecule is CCCNc1c(NC(=O)Nc2ccc(C)c(F)c2)c(=O)oc2ccccc12. The summed E-state index contributed by atoms with van der Waals surface area (Å²) in [5.74, 6) is -0.427. The lowest BCUT2D eigenvalue weighted by Gasteiger charge is -2.14. The molecule has 27 heavy (non-hydrogen) atoms. The van der Waals surface area contributed by atoms with Crippen LogP contribution in [-0.2, 0) is 0 Å². The van der Waals surface area contributed by atoms with E-state index in [4.69, 9.17) is 4.42 Å². The summed E-state index contributed by atoms with van der Waals surface area (Å²) in [5.41, 5.74) is 1.01. The highest BCUT2D eigenvalue weighted by molar-refractivity contribution is 6.05. The zero-order valence-corrected chi connectivity index (χ0v) is 15.1. The molecule has 3 rings (SSSR count). The second kappa shape index (κ2) is 7.90. The Balaban J connectivity index is 1.92. The van der Waals surface area contributed by atoms with Crippen LogP contribution in [0.2, 0.25) is 0 Å². The Morgan fingerprint density at radius 3 is 2.63 bits per heavy atom. The van der Waals surface area contributed by atoms with Crippen molar-refractivity contribution in [3.05, 3.63) is 64.3 Å². The molecule has 3 aromatic rings. The summed E-state index contributed by atoms with van der Waals surface area (Å²) in [5, 5.41) is 8.89. The number of aryl methyl sites for hydroxylation is 1. The van der Waals surface area contributed by atoms with E-state index in [0.29, 0.717) is 28.8 Å². The van der Waals surface area contributed by atoms with Gasteiger partial charge in [-0.3, -0.25) is 5.32 Å². The molecule has 0 atom stereocenters. The summed E-state index contributed by atoms with van der Waals surface area (Å²) in [6, 6.07) is 10.8. The van der Waals surface area contributed by atoms with Crippen LogP contribution in [0.3, 0.4) is 0 Å². The van der Waals surface area contributed by atoms with Gasteiger partial charge in [-0.25, -0.2) is 14.0 Å². The van der Waals surface area contributed by atoms with Gasteiger partial charge in [0.25, 0.3) is 0 Å². The van der Waals surface area contributed by atoms with Gasteiger partial charge >= 0.3 is 11.7 Å². The third-order valence-corrected chi connectivity index (χ3v) is 4.03. The molecule has 0 bridgehead atoms. The van der Waals surface area contributed by atoms with Gasteiger partial charge in [-0.05, 0) is 43.2 Å². The summed E-state index contributed by atoms with van der Waals surface area (Å²) in [4.78, 5) is 24.7. The van der Waals surface area contributed by atoms with Crippen molar-refractivity contribution < 1.29 is 13.6 Å².